The summed E-state index contributed by atoms with van der Waals surface area (Å²) >= 11 is 8.85. The fourth-order valence-electron chi connectivity index (χ4n) is 1.59. The third-order valence-corrected chi connectivity index (χ3v) is 2.62. The Morgan fingerprint density at radius 3 is 2.21 bits per heavy atom. The highest BCUT2D eigenvalue weighted by Crippen LogP contribution is 2.16. The first-order chi connectivity index (χ1) is 9.15. The molecule has 0 bridgehead atoms. The van der Waals surface area contributed by atoms with Gasteiger partial charge < -0.3 is 10.6 Å². The van der Waals surface area contributed by atoms with Crippen molar-refractivity contribution in [2.24, 2.45) is 0 Å². The predicted octanol–water partition coefficient (Wildman–Crippen LogP) is 3.57. The van der Waals surface area contributed by atoms with Crippen molar-refractivity contribution in [1.29, 1.82) is 0 Å². The lowest BCUT2D eigenvalue weighted by Gasteiger charge is -2.08. The Balaban J connectivity index is 2.11. The van der Waals surface area contributed by atoms with Crippen molar-refractivity contribution in [2.75, 3.05) is 10.6 Å². The van der Waals surface area contributed by atoms with Crippen LogP contribution in [-0.2, 0) is 0 Å². The van der Waals surface area contributed by atoms with E-state index in [4.69, 9.17) is 12.2 Å². The molecule has 0 aliphatic carbocycles. The lowest BCUT2D eigenvalue weighted by atomic mass is 10.2. The molecule has 96 valence electrons. The number of nitrogens with one attached hydrogen (secondary N) is 2. The predicted molar refractivity (Wildman–Crippen MR) is 86.0 cm³/mol. The van der Waals surface area contributed by atoms with Gasteiger partial charge in [0.15, 0.2) is 0 Å². The fourth-order valence-corrected chi connectivity index (χ4v) is 1.84. The molecule has 2 aromatic carbocycles. The Kier molecular flexibility index (Phi) is 4.54. The number of carbonyl (C=O) groups excluding carboxylic acids is 1. The molecule has 5 heteroatoms. The largest absolute Gasteiger partial charge is 0.341 e. The maximum absolute atomic E-state index is 12.0. The van der Waals surface area contributed by atoms with E-state index in [-0.39, 0.29) is 5.91 Å². The molecule has 19 heavy (non-hydrogen) atoms. The molecule has 0 aliphatic heterocycles. The molecule has 0 aromatic heterocycles. The Hall–Kier alpha value is -1.85. The van der Waals surface area contributed by atoms with Crippen LogP contribution in [0.3, 0.4) is 0 Å². The van der Waals surface area contributed by atoms with E-state index in [0.29, 0.717) is 15.6 Å². The summed E-state index contributed by atoms with van der Waals surface area (Å²) in [5.41, 5.74) is 2.10. The molecule has 0 heterocycles. The number of anilines is 2. The van der Waals surface area contributed by atoms with Gasteiger partial charge >= 0.3 is 0 Å². The van der Waals surface area contributed by atoms with E-state index in [0.717, 1.165) is 5.69 Å². The molecular formula is C14H12N2OS2. The van der Waals surface area contributed by atoms with Crippen LogP contribution in [0.4, 0.5) is 11.4 Å². The smallest absolute Gasteiger partial charge is 0.255 e. The molecule has 0 atom stereocenters. The number of benzene rings is 2. The number of rotatable bonds is 3. The van der Waals surface area contributed by atoms with E-state index in [1.54, 1.807) is 18.2 Å². The molecule has 3 nitrogen and oxygen atoms in total. The van der Waals surface area contributed by atoms with Crippen molar-refractivity contribution in [2.45, 2.75) is 0 Å². The van der Waals surface area contributed by atoms with E-state index in [1.807, 2.05) is 36.4 Å². The maximum atomic E-state index is 12.0. The van der Waals surface area contributed by atoms with Crippen LogP contribution in [0.15, 0.2) is 54.6 Å². The van der Waals surface area contributed by atoms with Crippen LogP contribution in [0.2, 0.25) is 0 Å². The van der Waals surface area contributed by atoms with Crippen molar-refractivity contribution in [3.8, 4) is 0 Å². The topological polar surface area (TPSA) is 41.1 Å². The highest BCUT2D eigenvalue weighted by Gasteiger charge is 2.05. The van der Waals surface area contributed by atoms with Gasteiger partial charge in [0.25, 0.3) is 5.91 Å². The summed E-state index contributed by atoms with van der Waals surface area (Å²) in [5, 5.41) is 5.73. The molecule has 2 rings (SSSR count). The van der Waals surface area contributed by atoms with Crippen LogP contribution >= 0.6 is 24.8 Å². The minimum absolute atomic E-state index is 0.147. The van der Waals surface area contributed by atoms with Crippen molar-refractivity contribution in [3.63, 3.8) is 0 Å². The van der Waals surface area contributed by atoms with Crippen molar-refractivity contribution < 1.29 is 4.79 Å². The van der Waals surface area contributed by atoms with E-state index in [2.05, 4.69) is 23.3 Å². The summed E-state index contributed by atoms with van der Waals surface area (Å²) in [6.07, 6.45) is 0. The summed E-state index contributed by atoms with van der Waals surface area (Å²) in [6, 6.07) is 16.3. The van der Waals surface area contributed by atoms with Gasteiger partial charge in [0.1, 0.15) is 4.32 Å². The summed E-state index contributed by atoms with van der Waals surface area (Å²) in [6.45, 7) is 0. The van der Waals surface area contributed by atoms with E-state index in [9.17, 15) is 4.79 Å². The van der Waals surface area contributed by atoms with Gasteiger partial charge in [-0.25, -0.2) is 0 Å². The standard InChI is InChI=1S/C14H12N2OS2/c17-13(10-5-2-1-3-6-10)15-11-7-4-8-12(9-11)16-14(18)19/h1-9H,(H,15,17)(H2,16,18,19). The Morgan fingerprint density at radius 2 is 1.58 bits per heavy atom. The molecule has 1 amide bonds. The van der Waals surface area contributed by atoms with Crippen molar-refractivity contribution in [1.82, 2.24) is 0 Å². The van der Waals surface area contributed by atoms with Crippen LogP contribution in [0.25, 0.3) is 0 Å². The first kappa shape index (κ1) is 13.6. The van der Waals surface area contributed by atoms with Gasteiger partial charge in [-0.3, -0.25) is 4.79 Å². The fraction of sp³-hybridized carbons (Fsp3) is 0. The second kappa shape index (κ2) is 6.36. The number of thiol groups is 1. The molecule has 0 fully saturated rings. The molecular weight excluding hydrogens is 276 g/mol. The number of hydrogen-bond acceptors (Lipinski definition) is 2. The number of amides is 1. The summed E-state index contributed by atoms with van der Waals surface area (Å²) in [5.74, 6) is -0.147. The van der Waals surface area contributed by atoms with Gasteiger partial charge in [-0.2, -0.15) is 0 Å². The summed E-state index contributed by atoms with van der Waals surface area (Å²) in [4.78, 5) is 12.0. The van der Waals surface area contributed by atoms with Crippen LogP contribution in [0.5, 0.6) is 0 Å². The number of carbonyl (C=O) groups is 1. The van der Waals surface area contributed by atoms with Crippen molar-refractivity contribution >= 4 is 46.4 Å². The van der Waals surface area contributed by atoms with Gasteiger partial charge in [-0.05, 0) is 30.3 Å². The summed E-state index contributed by atoms with van der Waals surface area (Å²) in [7, 11) is 0. The number of thiocarbonyl (C=S) groups is 1. The summed E-state index contributed by atoms with van der Waals surface area (Å²) < 4.78 is 0.381. The van der Waals surface area contributed by atoms with E-state index >= 15 is 0 Å². The highest BCUT2D eigenvalue weighted by atomic mass is 32.1. The average Bonchev–Trinajstić information content (AvgIpc) is 2.39. The second-order valence-corrected chi connectivity index (χ2v) is 4.99. The van der Waals surface area contributed by atoms with Crippen LogP contribution in [0, 0.1) is 0 Å². The van der Waals surface area contributed by atoms with Crippen molar-refractivity contribution in [3.05, 3.63) is 60.2 Å². The normalized spacial score (nSPS) is 9.74. The second-order valence-electron chi connectivity index (χ2n) is 3.83. The quantitative estimate of drug-likeness (QED) is 0.597. The lowest BCUT2D eigenvalue weighted by molar-refractivity contribution is 0.102. The zero-order valence-electron chi connectivity index (χ0n) is 9.96. The van der Waals surface area contributed by atoms with Crippen LogP contribution in [0.1, 0.15) is 10.4 Å². The first-order valence-corrected chi connectivity index (χ1v) is 6.47. The lowest BCUT2D eigenvalue weighted by Crippen LogP contribution is -2.12. The number of hydrogen-bond donors (Lipinski definition) is 3. The van der Waals surface area contributed by atoms with E-state index < -0.39 is 0 Å². The third-order valence-electron chi connectivity index (χ3n) is 2.41. The minimum atomic E-state index is -0.147. The monoisotopic (exact) mass is 288 g/mol. The Bertz CT molecular complexity index is 599. The molecule has 0 saturated heterocycles. The Labute approximate surface area is 122 Å². The first-order valence-electron chi connectivity index (χ1n) is 5.61. The molecule has 0 radical (unpaired) electrons. The minimum Gasteiger partial charge on any atom is -0.341 e. The van der Waals surface area contributed by atoms with Gasteiger partial charge in [0.2, 0.25) is 0 Å². The highest BCUT2D eigenvalue weighted by molar-refractivity contribution is 8.11. The maximum Gasteiger partial charge on any atom is 0.255 e. The molecule has 2 aromatic rings. The van der Waals surface area contributed by atoms with E-state index in [1.165, 1.54) is 0 Å². The average molecular weight is 288 g/mol. The zero-order valence-corrected chi connectivity index (χ0v) is 11.7. The van der Waals surface area contributed by atoms with Crippen LogP contribution in [-0.4, -0.2) is 10.2 Å². The van der Waals surface area contributed by atoms with Gasteiger partial charge in [0.05, 0.1) is 0 Å². The molecule has 2 N–H and O–H groups in total. The SMILES string of the molecule is O=C(Nc1cccc(NC(=S)S)c1)c1ccccc1. The van der Waals surface area contributed by atoms with Gasteiger partial charge in [-0.1, -0.05) is 36.5 Å². The molecule has 0 aliphatic rings. The Morgan fingerprint density at radius 1 is 0.947 bits per heavy atom. The third kappa shape index (κ3) is 4.08. The zero-order chi connectivity index (χ0) is 13.7. The van der Waals surface area contributed by atoms with Gasteiger partial charge in [0, 0.05) is 16.9 Å². The molecule has 0 unspecified atom stereocenters. The van der Waals surface area contributed by atoms with Gasteiger partial charge in [-0.15, -0.1) is 12.6 Å². The molecule has 0 saturated carbocycles. The van der Waals surface area contributed by atoms with Crippen LogP contribution < -0.4 is 10.6 Å². The molecule has 0 spiro atoms.